The van der Waals surface area contributed by atoms with Gasteiger partial charge < -0.3 is 4.57 Å². The van der Waals surface area contributed by atoms with Gasteiger partial charge in [0.25, 0.3) is 0 Å². The Hall–Kier alpha value is -5.63. The number of nitrogens with zero attached hydrogens (tertiary/aromatic N) is 4. The monoisotopic (exact) mass is 470 g/mol. The fraction of sp³-hybridized carbons (Fsp3) is 0. The van der Waals surface area contributed by atoms with Crippen LogP contribution in [-0.2, 0) is 0 Å². The standard InChI is InChI=1S/C33H18N4/c1-36-29-15-7-10-24(21-35)32(29)22-17-18-30-28(19-22)33-27(26-13-6-5-9-23(26)20-34)14-8-16-31(33)37(30)25-11-3-2-4-12-25/h2-19H. The summed E-state index contributed by atoms with van der Waals surface area (Å²) in [6.45, 7) is 7.69. The Bertz CT molecular complexity index is 1930. The SMILES string of the molecule is [C-]#[N+]c1cccc(C#N)c1-c1ccc2c(c1)c1c(-c3ccccc3C#N)cccc1n2-c1ccccc1. The number of hydrogen-bond acceptors (Lipinski definition) is 2. The number of aromatic nitrogens is 1. The third kappa shape index (κ3) is 3.43. The van der Waals surface area contributed by atoms with Crippen molar-refractivity contribution in [2.45, 2.75) is 0 Å². The van der Waals surface area contributed by atoms with Gasteiger partial charge in [-0.2, -0.15) is 10.5 Å². The average Bonchev–Trinajstić information content (AvgIpc) is 3.31. The molecule has 0 aliphatic carbocycles. The lowest BCUT2D eigenvalue weighted by atomic mass is 9.93. The molecule has 0 aliphatic rings. The van der Waals surface area contributed by atoms with E-state index in [1.165, 1.54) is 0 Å². The van der Waals surface area contributed by atoms with Crippen LogP contribution in [0.3, 0.4) is 0 Å². The van der Waals surface area contributed by atoms with E-state index in [0.29, 0.717) is 22.4 Å². The molecule has 0 fully saturated rings. The zero-order chi connectivity index (χ0) is 25.4. The highest BCUT2D eigenvalue weighted by Crippen LogP contribution is 2.42. The molecule has 6 aromatic rings. The molecule has 0 N–H and O–H groups in total. The van der Waals surface area contributed by atoms with Gasteiger partial charge in [0, 0.05) is 33.2 Å². The van der Waals surface area contributed by atoms with Crippen LogP contribution in [0.15, 0.2) is 109 Å². The van der Waals surface area contributed by atoms with Gasteiger partial charge in [0.05, 0.1) is 35.3 Å². The summed E-state index contributed by atoms with van der Waals surface area (Å²) >= 11 is 0. The van der Waals surface area contributed by atoms with Crippen molar-refractivity contribution >= 4 is 27.5 Å². The minimum atomic E-state index is 0.445. The zero-order valence-corrected chi connectivity index (χ0v) is 19.7. The topological polar surface area (TPSA) is 56.9 Å². The molecule has 1 aromatic heterocycles. The molecule has 0 saturated carbocycles. The molecule has 4 nitrogen and oxygen atoms in total. The normalized spacial score (nSPS) is 10.6. The van der Waals surface area contributed by atoms with Crippen LogP contribution < -0.4 is 0 Å². The van der Waals surface area contributed by atoms with E-state index in [2.05, 4.69) is 51.9 Å². The molecule has 170 valence electrons. The molecule has 1 heterocycles. The van der Waals surface area contributed by atoms with E-state index in [9.17, 15) is 10.5 Å². The predicted molar refractivity (Wildman–Crippen MR) is 147 cm³/mol. The zero-order valence-electron chi connectivity index (χ0n) is 19.7. The smallest absolute Gasteiger partial charge is 0.196 e. The van der Waals surface area contributed by atoms with Crippen LogP contribution in [0.2, 0.25) is 0 Å². The molecule has 0 saturated heterocycles. The maximum atomic E-state index is 9.84. The van der Waals surface area contributed by atoms with E-state index >= 15 is 0 Å². The second-order valence-electron chi connectivity index (χ2n) is 8.68. The summed E-state index contributed by atoms with van der Waals surface area (Å²) in [5, 5.41) is 21.7. The maximum Gasteiger partial charge on any atom is 0.196 e. The van der Waals surface area contributed by atoms with Crippen molar-refractivity contribution in [1.82, 2.24) is 4.57 Å². The van der Waals surface area contributed by atoms with E-state index in [4.69, 9.17) is 6.57 Å². The summed E-state index contributed by atoms with van der Waals surface area (Å²) in [6, 6.07) is 39.9. The van der Waals surface area contributed by atoms with Gasteiger partial charge in [-0.15, -0.1) is 0 Å². The van der Waals surface area contributed by atoms with Crippen molar-refractivity contribution in [2.75, 3.05) is 0 Å². The van der Waals surface area contributed by atoms with Crippen LogP contribution >= 0.6 is 0 Å². The first-order valence-corrected chi connectivity index (χ1v) is 11.8. The molecular formula is C33H18N4. The molecule has 0 unspecified atom stereocenters. The van der Waals surface area contributed by atoms with Crippen LogP contribution in [-0.4, -0.2) is 4.57 Å². The Labute approximate surface area is 214 Å². The maximum absolute atomic E-state index is 9.84. The number of benzene rings is 5. The second-order valence-corrected chi connectivity index (χ2v) is 8.68. The van der Waals surface area contributed by atoms with Crippen molar-refractivity contribution in [1.29, 1.82) is 10.5 Å². The molecular weight excluding hydrogens is 452 g/mol. The minimum Gasteiger partial charge on any atom is -0.309 e. The Kier molecular flexibility index (Phi) is 5.24. The first-order chi connectivity index (χ1) is 18.2. The second kappa shape index (κ2) is 8.86. The van der Waals surface area contributed by atoms with Crippen molar-refractivity contribution < 1.29 is 0 Å². The molecule has 4 heteroatoms. The Balaban J connectivity index is 1.78. The van der Waals surface area contributed by atoms with Crippen LogP contribution in [0.5, 0.6) is 0 Å². The van der Waals surface area contributed by atoms with Gasteiger partial charge in [-0.1, -0.05) is 66.7 Å². The van der Waals surface area contributed by atoms with Gasteiger partial charge in [0.1, 0.15) is 0 Å². The number of fused-ring (bicyclic) bond motifs is 3. The third-order valence-electron chi connectivity index (χ3n) is 6.71. The van der Waals surface area contributed by atoms with E-state index in [1.807, 2.05) is 60.7 Å². The van der Waals surface area contributed by atoms with Crippen LogP contribution in [0.4, 0.5) is 5.69 Å². The van der Waals surface area contributed by atoms with Gasteiger partial charge in [0.2, 0.25) is 0 Å². The molecule has 37 heavy (non-hydrogen) atoms. The van der Waals surface area contributed by atoms with Crippen LogP contribution in [0.1, 0.15) is 11.1 Å². The lowest BCUT2D eigenvalue weighted by Crippen LogP contribution is -1.93. The summed E-state index contributed by atoms with van der Waals surface area (Å²) in [6.07, 6.45) is 0. The first-order valence-electron chi connectivity index (χ1n) is 11.8. The number of hydrogen-bond donors (Lipinski definition) is 0. The van der Waals surface area contributed by atoms with Gasteiger partial charge in [0.15, 0.2) is 5.69 Å². The van der Waals surface area contributed by atoms with Crippen LogP contribution in [0.25, 0.3) is 54.6 Å². The lowest BCUT2D eigenvalue weighted by Gasteiger charge is -2.09. The fourth-order valence-electron chi connectivity index (χ4n) is 5.15. The number of rotatable bonds is 3. The molecule has 6 rings (SSSR count). The van der Waals surface area contributed by atoms with E-state index < -0.39 is 0 Å². The first kappa shape index (κ1) is 21.9. The van der Waals surface area contributed by atoms with E-state index in [0.717, 1.165) is 44.2 Å². The lowest BCUT2D eigenvalue weighted by molar-refractivity contribution is 1.18. The molecule has 0 amide bonds. The van der Waals surface area contributed by atoms with Gasteiger partial charge in [-0.05, 0) is 53.6 Å². The highest BCUT2D eigenvalue weighted by atomic mass is 15.0. The van der Waals surface area contributed by atoms with Crippen molar-refractivity contribution in [3.05, 3.63) is 132 Å². The third-order valence-corrected chi connectivity index (χ3v) is 6.71. The van der Waals surface area contributed by atoms with Gasteiger partial charge >= 0.3 is 0 Å². The van der Waals surface area contributed by atoms with E-state index in [1.54, 1.807) is 18.2 Å². The van der Waals surface area contributed by atoms with E-state index in [-0.39, 0.29) is 0 Å². The summed E-state index contributed by atoms with van der Waals surface area (Å²) in [5.41, 5.74) is 7.85. The Morgan fingerprint density at radius 2 is 1.35 bits per heavy atom. The number of para-hydroxylation sites is 1. The van der Waals surface area contributed by atoms with Crippen molar-refractivity contribution in [3.8, 4) is 40.1 Å². The van der Waals surface area contributed by atoms with Crippen molar-refractivity contribution in [2.24, 2.45) is 0 Å². The summed E-state index contributed by atoms with van der Waals surface area (Å²) in [4.78, 5) is 3.70. The molecule has 0 spiro atoms. The van der Waals surface area contributed by atoms with Crippen LogP contribution in [0, 0.1) is 29.2 Å². The summed E-state index contributed by atoms with van der Waals surface area (Å²) in [7, 11) is 0. The Morgan fingerprint density at radius 1 is 0.649 bits per heavy atom. The fourth-order valence-corrected chi connectivity index (χ4v) is 5.15. The predicted octanol–water partition coefficient (Wildman–Crippen LogP) is 8.41. The highest BCUT2D eigenvalue weighted by molar-refractivity contribution is 6.17. The summed E-state index contributed by atoms with van der Waals surface area (Å²) < 4.78 is 2.22. The quantitative estimate of drug-likeness (QED) is 0.244. The molecule has 0 atom stereocenters. The largest absolute Gasteiger partial charge is 0.309 e. The molecule has 0 aliphatic heterocycles. The number of nitriles is 2. The molecule has 0 radical (unpaired) electrons. The molecule has 0 bridgehead atoms. The van der Waals surface area contributed by atoms with Crippen molar-refractivity contribution in [3.63, 3.8) is 0 Å². The van der Waals surface area contributed by atoms with Gasteiger partial charge in [-0.25, -0.2) is 4.85 Å². The molecule has 5 aromatic carbocycles. The minimum absolute atomic E-state index is 0.445. The highest BCUT2D eigenvalue weighted by Gasteiger charge is 2.19. The van der Waals surface area contributed by atoms with Gasteiger partial charge in [-0.3, -0.25) is 0 Å². The average molecular weight is 471 g/mol. The summed E-state index contributed by atoms with van der Waals surface area (Å²) in [5.74, 6) is 0. The Morgan fingerprint density at radius 3 is 2.14 bits per heavy atom.